The number of rotatable bonds is 2. The summed E-state index contributed by atoms with van der Waals surface area (Å²) in [6.45, 7) is 1.34. The van der Waals surface area contributed by atoms with Crippen molar-refractivity contribution in [1.82, 2.24) is 5.06 Å². The lowest BCUT2D eigenvalue weighted by Gasteiger charge is -2.30. The molecule has 3 heteroatoms. The zero-order chi connectivity index (χ0) is 10.7. The summed E-state index contributed by atoms with van der Waals surface area (Å²) in [5.74, 6) is 1.06. The smallest absolute Gasteiger partial charge is 0.139 e. The fourth-order valence-electron chi connectivity index (χ4n) is 2.87. The minimum atomic E-state index is 0.233. The highest BCUT2D eigenvalue weighted by Gasteiger charge is 2.30. The molecule has 0 radical (unpaired) electrons. The van der Waals surface area contributed by atoms with E-state index in [-0.39, 0.29) is 5.92 Å². The first kappa shape index (κ1) is 11.1. The topological polar surface area (TPSA) is 40.5 Å². The first-order valence-electron chi connectivity index (χ1n) is 6.25. The summed E-state index contributed by atoms with van der Waals surface area (Å²) >= 11 is 0. The van der Waals surface area contributed by atoms with Crippen molar-refractivity contribution in [3.05, 3.63) is 0 Å². The van der Waals surface area contributed by atoms with Crippen molar-refractivity contribution >= 4 is 5.78 Å². The van der Waals surface area contributed by atoms with Gasteiger partial charge in [0.15, 0.2) is 0 Å². The lowest BCUT2D eigenvalue weighted by atomic mass is 9.79. The van der Waals surface area contributed by atoms with Crippen LogP contribution in [0.5, 0.6) is 0 Å². The molecule has 0 atom stereocenters. The van der Waals surface area contributed by atoms with Crippen molar-refractivity contribution in [2.24, 2.45) is 11.8 Å². The van der Waals surface area contributed by atoms with E-state index in [1.807, 2.05) is 0 Å². The molecule has 2 fully saturated rings. The molecule has 3 nitrogen and oxygen atoms in total. The zero-order valence-electron chi connectivity index (χ0n) is 9.32. The van der Waals surface area contributed by atoms with Gasteiger partial charge in [0.05, 0.1) is 0 Å². The molecular weight excluding hydrogens is 190 g/mol. The number of hydrogen-bond donors (Lipinski definition) is 1. The lowest BCUT2D eigenvalue weighted by molar-refractivity contribution is -0.138. The summed E-state index contributed by atoms with van der Waals surface area (Å²) in [5, 5.41) is 10.6. The summed E-state index contributed by atoms with van der Waals surface area (Å²) in [6, 6.07) is 0. The Bertz CT molecular complexity index is 216. The zero-order valence-corrected chi connectivity index (χ0v) is 9.32. The first-order valence-corrected chi connectivity index (χ1v) is 6.25. The van der Waals surface area contributed by atoms with Crippen molar-refractivity contribution in [2.45, 2.75) is 44.9 Å². The van der Waals surface area contributed by atoms with Crippen LogP contribution in [0.15, 0.2) is 0 Å². The van der Waals surface area contributed by atoms with E-state index in [4.69, 9.17) is 0 Å². The molecule has 0 bridgehead atoms. The van der Waals surface area contributed by atoms with Crippen molar-refractivity contribution in [3.8, 4) is 0 Å². The van der Waals surface area contributed by atoms with Crippen LogP contribution in [0.4, 0.5) is 0 Å². The first-order chi connectivity index (χ1) is 7.27. The molecule has 1 saturated carbocycles. The van der Waals surface area contributed by atoms with E-state index in [2.05, 4.69) is 0 Å². The molecule has 0 aromatic rings. The standard InChI is InChI=1S/C12H21NO2/c14-12(10-4-2-1-3-5-10)11-6-8-13(15)9-7-11/h10-11,15H,1-9H2. The predicted octanol–water partition coefficient (Wildman–Crippen LogP) is 2.24. The Morgan fingerprint density at radius 1 is 0.933 bits per heavy atom. The molecule has 0 aromatic heterocycles. The molecule has 1 aliphatic carbocycles. The van der Waals surface area contributed by atoms with Gasteiger partial charge < -0.3 is 5.21 Å². The molecule has 1 saturated heterocycles. The molecular formula is C12H21NO2. The van der Waals surface area contributed by atoms with Gasteiger partial charge in [-0.3, -0.25) is 4.79 Å². The Kier molecular flexibility index (Phi) is 3.76. The Labute approximate surface area is 91.4 Å². The number of carbonyl (C=O) groups is 1. The molecule has 1 aliphatic heterocycles. The highest BCUT2D eigenvalue weighted by atomic mass is 16.5. The largest absolute Gasteiger partial charge is 0.314 e. The molecule has 2 rings (SSSR count). The van der Waals surface area contributed by atoms with E-state index in [0.717, 1.165) is 25.7 Å². The average Bonchev–Trinajstić information content (AvgIpc) is 2.30. The van der Waals surface area contributed by atoms with Gasteiger partial charge in [0, 0.05) is 24.9 Å². The van der Waals surface area contributed by atoms with Crippen LogP contribution in [0.3, 0.4) is 0 Å². The number of hydrogen-bond acceptors (Lipinski definition) is 3. The van der Waals surface area contributed by atoms with Crippen molar-refractivity contribution in [1.29, 1.82) is 0 Å². The van der Waals surface area contributed by atoms with Crippen molar-refractivity contribution in [3.63, 3.8) is 0 Å². The molecule has 0 amide bonds. The van der Waals surface area contributed by atoms with Crippen LogP contribution in [-0.2, 0) is 4.79 Å². The highest BCUT2D eigenvalue weighted by Crippen LogP contribution is 2.29. The van der Waals surface area contributed by atoms with E-state index in [0.29, 0.717) is 24.8 Å². The fraction of sp³-hybridized carbons (Fsp3) is 0.917. The third-order valence-corrected chi connectivity index (χ3v) is 3.88. The van der Waals surface area contributed by atoms with Crippen LogP contribution in [0, 0.1) is 11.8 Å². The van der Waals surface area contributed by atoms with Gasteiger partial charge in [-0.1, -0.05) is 19.3 Å². The monoisotopic (exact) mass is 211 g/mol. The average molecular weight is 211 g/mol. The number of Topliss-reactive ketones (excluding diaryl/α,β-unsaturated/α-hetero) is 1. The quantitative estimate of drug-likeness (QED) is 0.761. The highest BCUT2D eigenvalue weighted by molar-refractivity contribution is 5.83. The number of carbonyl (C=O) groups excluding carboxylic acids is 1. The molecule has 1 heterocycles. The molecule has 2 aliphatic rings. The maximum atomic E-state index is 12.2. The van der Waals surface area contributed by atoms with E-state index >= 15 is 0 Å². The van der Waals surface area contributed by atoms with Crippen molar-refractivity contribution in [2.75, 3.05) is 13.1 Å². The lowest BCUT2D eigenvalue weighted by Crippen LogP contribution is -2.36. The summed E-state index contributed by atoms with van der Waals surface area (Å²) < 4.78 is 0. The van der Waals surface area contributed by atoms with E-state index in [1.54, 1.807) is 0 Å². The van der Waals surface area contributed by atoms with Crippen LogP contribution < -0.4 is 0 Å². The van der Waals surface area contributed by atoms with Gasteiger partial charge in [-0.2, -0.15) is 5.06 Å². The summed E-state index contributed by atoms with van der Waals surface area (Å²) in [5.41, 5.74) is 0. The van der Waals surface area contributed by atoms with Gasteiger partial charge in [0.2, 0.25) is 0 Å². The van der Waals surface area contributed by atoms with Crippen LogP contribution in [0.25, 0.3) is 0 Å². The van der Waals surface area contributed by atoms with Gasteiger partial charge in [0.1, 0.15) is 5.78 Å². The molecule has 15 heavy (non-hydrogen) atoms. The molecule has 0 unspecified atom stereocenters. The van der Waals surface area contributed by atoms with Crippen molar-refractivity contribution < 1.29 is 10.0 Å². The molecule has 0 spiro atoms. The number of piperidine rings is 1. The maximum absolute atomic E-state index is 12.2. The predicted molar refractivity (Wildman–Crippen MR) is 57.7 cm³/mol. The van der Waals surface area contributed by atoms with E-state index in [1.165, 1.54) is 24.3 Å². The summed E-state index contributed by atoms with van der Waals surface area (Å²) in [6.07, 6.45) is 7.69. The summed E-state index contributed by atoms with van der Waals surface area (Å²) in [7, 11) is 0. The van der Waals surface area contributed by atoms with Gasteiger partial charge in [0.25, 0.3) is 0 Å². The summed E-state index contributed by atoms with van der Waals surface area (Å²) in [4.78, 5) is 12.2. The third kappa shape index (κ3) is 2.79. The van der Waals surface area contributed by atoms with Crippen LogP contribution in [0.2, 0.25) is 0 Å². The third-order valence-electron chi connectivity index (χ3n) is 3.88. The van der Waals surface area contributed by atoms with E-state index in [9.17, 15) is 10.0 Å². The number of nitrogens with zero attached hydrogens (tertiary/aromatic N) is 1. The van der Waals surface area contributed by atoms with Crippen LogP contribution in [-0.4, -0.2) is 29.1 Å². The Morgan fingerprint density at radius 2 is 1.47 bits per heavy atom. The second-order valence-corrected chi connectivity index (χ2v) is 4.97. The minimum Gasteiger partial charge on any atom is -0.314 e. The number of hydroxylamine groups is 2. The Balaban J connectivity index is 1.84. The van der Waals surface area contributed by atoms with Gasteiger partial charge in [-0.05, 0) is 25.7 Å². The molecule has 86 valence electrons. The van der Waals surface area contributed by atoms with Gasteiger partial charge in [-0.15, -0.1) is 0 Å². The fourth-order valence-corrected chi connectivity index (χ4v) is 2.87. The maximum Gasteiger partial charge on any atom is 0.139 e. The normalized spacial score (nSPS) is 26.7. The Hall–Kier alpha value is -0.410. The van der Waals surface area contributed by atoms with Gasteiger partial charge in [-0.25, -0.2) is 0 Å². The molecule has 0 aromatic carbocycles. The second kappa shape index (κ2) is 5.08. The second-order valence-electron chi connectivity index (χ2n) is 4.97. The SMILES string of the molecule is O=C(C1CCCCC1)C1CCN(O)CC1. The minimum absolute atomic E-state index is 0.233. The van der Waals surface area contributed by atoms with Crippen LogP contribution >= 0.6 is 0 Å². The Morgan fingerprint density at radius 3 is 2.07 bits per heavy atom. The van der Waals surface area contributed by atoms with Gasteiger partial charge >= 0.3 is 0 Å². The number of ketones is 1. The van der Waals surface area contributed by atoms with E-state index < -0.39 is 0 Å². The van der Waals surface area contributed by atoms with Crippen LogP contribution in [0.1, 0.15) is 44.9 Å². The molecule has 1 N–H and O–H groups in total.